The van der Waals surface area contributed by atoms with Crippen LogP contribution in [0, 0.1) is 0 Å². The smallest absolute Gasteiger partial charge is 0.242 e. The number of nitrogens with zero attached hydrogens (tertiary/aromatic N) is 2. The van der Waals surface area contributed by atoms with Crippen molar-refractivity contribution in [2.45, 2.75) is 11.8 Å². The number of benzene rings is 1. The lowest BCUT2D eigenvalue weighted by Crippen LogP contribution is -2.17. The van der Waals surface area contributed by atoms with Crippen molar-refractivity contribution in [3.05, 3.63) is 52.8 Å². The molecule has 0 aliphatic carbocycles. The average molecular weight is 319 g/mol. The molecule has 1 aromatic carbocycles. The number of thiol groups is 1. The van der Waals surface area contributed by atoms with Gasteiger partial charge in [-0.3, -0.25) is 14.1 Å². The van der Waals surface area contributed by atoms with Crippen molar-refractivity contribution >= 4 is 30.3 Å². The van der Waals surface area contributed by atoms with Gasteiger partial charge in [-0.1, -0.05) is 30.5 Å². The summed E-state index contributed by atoms with van der Waals surface area (Å²) in [6.07, 6.45) is 1.68. The number of carbonyl (C=O) groups is 1. The predicted octanol–water partition coefficient (Wildman–Crippen LogP) is 3.40. The molecule has 1 aromatic heterocycles. The molecule has 4 rings (SSSR count). The molecule has 0 saturated carbocycles. The van der Waals surface area contributed by atoms with Gasteiger partial charge in [0.2, 0.25) is 5.91 Å². The lowest BCUT2D eigenvalue weighted by molar-refractivity contribution is -0.124. The van der Waals surface area contributed by atoms with Crippen LogP contribution >= 0.6 is 24.4 Å². The fraction of sp³-hybridized carbons (Fsp3) is 0.200. The summed E-state index contributed by atoms with van der Waals surface area (Å²) in [6.45, 7) is 0.528. The number of halogens is 1. The Balaban J connectivity index is 1.98. The van der Waals surface area contributed by atoms with Gasteiger partial charge in [0.25, 0.3) is 0 Å². The molecule has 4 nitrogen and oxygen atoms in total. The van der Waals surface area contributed by atoms with Crippen LogP contribution in [0.3, 0.4) is 0 Å². The molecule has 2 aliphatic heterocycles. The van der Waals surface area contributed by atoms with E-state index in [2.05, 4.69) is 17.8 Å². The van der Waals surface area contributed by atoms with Gasteiger partial charge in [0, 0.05) is 29.2 Å². The van der Waals surface area contributed by atoms with E-state index >= 15 is 0 Å². The van der Waals surface area contributed by atoms with Crippen molar-refractivity contribution in [1.82, 2.24) is 9.29 Å². The molecule has 2 aliphatic rings. The molecule has 1 amide bonds. The Kier molecular flexibility index (Phi) is 2.87. The number of hydrogen-bond acceptors (Lipinski definition) is 4. The van der Waals surface area contributed by atoms with Gasteiger partial charge in [-0.25, -0.2) is 0 Å². The quantitative estimate of drug-likeness (QED) is 0.757. The Hall–Kier alpha value is -1.72. The lowest BCUT2D eigenvalue weighted by Gasteiger charge is -2.14. The molecule has 0 radical (unpaired) electrons. The molecule has 6 heteroatoms. The van der Waals surface area contributed by atoms with Crippen LogP contribution in [0.2, 0.25) is 5.02 Å². The molecule has 2 unspecified atom stereocenters. The molecule has 106 valence electrons. The highest BCUT2D eigenvalue weighted by Crippen LogP contribution is 2.50. The van der Waals surface area contributed by atoms with Crippen LogP contribution in [-0.2, 0) is 4.79 Å². The minimum absolute atomic E-state index is 0.0292. The number of amides is 1. The van der Waals surface area contributed by atoms with Crippen LogP contribution in [0.5, 0.6) is 11.5 Å². The van der Waals surface area contributed by atoms with Crippen molar-refractivity contribution in [2.75, 3.05) is 6.54 Å². The molecule has 0 spiro atoms. The Morgan fingerprint density at radius 2 is 2.19 bits per heavy atom. The minimum atomic E-state index is -0.360. The third-order valence-electron chi connectivity index (χ3n) is 3.98. The van der Waals surface area contributed by atoms with Crippen molar-refractivity contribution in [3.63, 3.8) is 0 Å². The van der Waals surface area contributed by atoms with E-state index < -0.39 is 0 Å². The number of fused-ring (bicyclic) bond motifs is 5. The average Bonchev–Trinajstić information content (AvgIpc) is 2.68. The number of rotatable bonds is 0. The normalized spacial score (nSPS) is 23.0. The molecule has 3 heterocycles. The molecule has 0 N–H and O–H groups in total. The van der Waals surface area contributed by atoms with Gasteiger partial charge in [-0.15, -0.1) is 0 Å². The summed E-state index contributed by atoms with van der Waals surface area (Å²) < 4.78 is 7.42. The van der Waals surface area contributed by atoms with Crippen LogP contribution in [0.1, 0.15) is 23.1 Å². The molecule has 21 heavy (non-hydrogen) atoms. The fourth-order valence-corrected chi connectivity index (χ4v) is 3.51. The van der Waals surface area contributed by atoms with Gasteiger partial charge >= 0.3 is 0 Å². The second-order valence-electron chi connectivity index (χ2n) is 5.18. The van der Waals surface area contributed by atoms with Crippen LogP contribution < -0.4 is 4.74 Å². The van der Waals surface area contributed by atoms with E-state index in [0.29, 0.717) is 28.8 Å². The summed E-state index contributed by atoms with van der Waals surface area (Å²) >= 11 is 10.3. The van der Waals surface area contributed by atoms with Gasteiger partial charge in [0.05, 0.1) is 11.6 Å². The van der Waals surface area contributed by atoms with Crippen LogP contribution in [0.4, 0.5) is 0 Å². The van der Waals surface area contributed by atoms with Gasteiger partial charge in [-0.05, 0) is 24.3 Å². The van der Waals surface area contributed by atoms with E-state index in [4.69, 9.17) is 16.3 Å². The van der Waals surface area contributed by atoms with Crippen LogP contribution in [0.25, 0.3) is 0 Å². The Morgan fingerprint density at radius 3 is 3.05 bits per heavy atom. The lowest BCUT2D eigenvalue weighted by atomic mass is 9.86. The summed E-state index contributed by atoms with van der Waals surface area (Å²) in [4.78, 5) is 16.8. The molecule has 1 fully saturated rings. The monoisotopic (exact) mass is 318 g/mol. The van der Waals surface area contributed by atoms with Crippen LogP contribution in [0.15, 0.2) is 36.5 Å². The Bertz CT molecular complexity index is 752. The zero-order valence-electron chi connectivity index (χ0n) is 10.9. The molecule has 2 aromatic rings. The first-order valence-corrected chi connectivity index (χ1v) is 7.35. The van der Waals surface area contributed by atoms with E-state index in [9.17, 15) is 4.79 Å². The highest BCUT2D eigenvalue weighted by atomic mass is 35.5. The highest BCUT2D eigenvalue weighted by molar-refractivity contribution is 7.78. The third-order valence-corrected chi connectivity index (χ3v) is 4.58. The first kappa shape index (κ1) is 13.0. The van der Waals surface area contributed by atoms with Crippen molar-refractivity contribution < 1.29 is 9.53 Å². The number of aromatic nitrogens is 1. The molecular weight excluding hydrogens is 308 g/mol. The maximum absolute atomic E-state index is 12.5. The van der Waals surface area contributed by atoms with Gasteiger partial charge in [-0.2, -0.15) is 0 Å². The molecule has 1 saturated heterocycles. The molecule has 0 bridgehead atoms. The number of carbonyl (C=O) groups excluding carboxylic acids is 1. The summed E-state index contributed by atoms with van der Waals surface area (Å²) in [5.41, 5.74) is 1.63. The van der Waals surface area contributed by atoms with Crippen LogP contribution in [-0.4, -0.2) is 21.7 Å². The summed E-state index contributed by atoms with van der Waals surface area (Å²) in [5.74, 6) is 0.848. The third kappa shape index (κ3) is 1.92. The molecule has 2 atom stereocenters. The van der Waals surface area contributed by atoms with E-state index in [1.54, 1.807) is 18.3 Å². The minimum Gasteiger partial charge on any atom is -0.455 e. The summed E-state index contributed by atoms with van der Waals surface area (Å²) in [6, 6.07) is 9.13. The predicted molar refractivity (Wildman–Crippen MR) is 81.9 cm³/mol. The summed E-state index contributed by atoms with van der Waals surface area (Å²) in [5, 5.41) is 0.602. The van der Waals surface area contributed by atoms with E-state index in [0.717, 1.165) is 5.56 Å². The molecular formula is C15H11ClN2O2S. The van der Waals surface area contributed by atoms with Gasteiger partial charge in [0.1, 0.15) is 11.5 Å². The second kappa shape index (κ2) is 4.64. The van der Waals surface area contributed by atoms with Crippen molar-refractivity contribution in [2.24, 2.45) is 0 Å². The number of pyridine rings is 1. The zero-order valence-corrected chi connectivity index (χ0v) is 12.5. The van der Waals surface area contributed by atoms with Gasteiger partial charge in [0.15, 0.2) is 0 Å². The number of hydrogen-bond donors (Lipinski definition) is 1. The number of ether oxygens (including phenoxy) is 1. The maximum atomic E-state index is 12.5. The van der Waals surface area contributed by atoms with Crippen molar-refractivity contribution in [3.8, 4) is 11.5 Å². The first-order chi connectivity index (χ1) is 10.1. The maximum Gasteiger partial charge on any atom is 0.242 e. The van der Waals surface area contributed by atoms with Gasteiger partial charge < -0.3 is 4.74 Å². The second-order valence-corrected chi connectivity index (χ2v) is 6.09. The SMILES string of the molecule is O=C1C2c3ncccc3Oc3cc(Cl)ccc3C2CN1S. The standard InChI is InChI=1S/C15H11ClN2O2S/c16-8-3-4-9-10-7-18(21)15(19)13(10)14-11(2-1-5-17-14)20-12(9)6-8/h1-6,10,13,21H,7H2. The van der Waals surface area contributed by atoms with E-state index in [1.165, 1.54) is 4.31 Å². The Labute approximate surface area is 132 Å². The Morgan fingerprint density at radius 1 is 1.33 bits per heavy atom. The highest BCUT2D eigenvalue weighted by Gasteiger charge is 2.46. The summed E-state index contributed by atoms with van der Waals surface area (Å²) in [7, 11) is 0. The largest absolute Gasteiger partial charge is 0.455 e. The zero-order chi connectivity index (χ0) is 14.6. The van der Waals surface area contributed by atoms with Crippen molar-refractivity contribution in [1.29, 1.82) is 0 Å². The fourth-order valence-electron chi connectivity index (χ4n) is 3.04. The first-order valence-electron chi connectivity index (χ1n) is 6.57. The topological polar surface area (TPSA) is 42.4 Å². The van der Waals surface area contributed by atoms with E-state index in [1.807, 2.05) is 18.2 Å². The van der Waals surface area contributed by atoms with E-state index in [-0.39, 0.29) is 17.7 Å².